The van der Waals surface area contributed by atoms with Gasteiger partial charge in [0.2, 0.25) is 11.9 Å². The number of nitrogens with zero attached hydrogens (tertiary/aromatic N) is 1. The lowest BCUT2D eigenvalue weighted by Crippen LogP contribution is -2.05. The van der Waals surface area contributed by atoms with E-state index in [9.17, 15) is 9.18 Å². The molecule has 0 aromatic carbocycles. The predicted octanol–water partition coefficient (Wildman–Crippen LogP) is 0.719. The van der Waals surface area contributed by atoms with Crippen LogP contribution in [-0.4, -0.2) is 10.9 Å². The van der Waals surface area contributed by atoms with Gasteiger partial charge in [-0.2, -0.15) is 4.39 Å². The molecular formula is C8H7FN2O. The number of amides is 1. The van der Waals surface area contributed by atoms with Crippen molar-refractivity contribution in [2.75, 3.05) is 0 Å². The van der Waals surface area contributed by atoms with Crippen LogP contribution in [0.25, 0.3) is 6.08 Å². The second-order valence-corrected chi connectivity index (χ2v) is 2.15. The molecule has 0 bridgehead atoms. The molecule has 0 spiro atoms. The summed E-state index contributed by atoms with van der Waals surface area (Å²) in [7, 11) is 0. The van der Waals surface area contributed by atoms with Crippen LogP contribution in [0.15, 0.2) is 24.4 Å². The summed E-state index contributed by atoms with van der Waals surface area (Å²) in [6, 6.07) is 2.71. The zero-order valence-electron chi connectivity index (χ0n) is 6.20. The first-order valence-corrected chi connectivity index (χ1v) is 3.27. The number of carbonyl (C=O) groups excluding carboxylic acids is 1. The summed E-state index contributed by atoms with van der Waals surface area (Å²) in [5, 5.41) is 0. The Balaban J connectivity index is 2.77. The van der Waals surface area contributed by atoms with E-state index in [1.54, 1.807) is 0 Å². The monoisotopic (exact) mass is 166 g/mol. The van der Waals surface area contributed by atoms with Gasteiger partial charge in [-0.25, -0.2) is 4.98 Å². The van der Waals surface area contributed by atoms with Gasteiger partial charge in [-0.15, -0.1) is 0 Å². The van der Waals surface area contributed by atoms with Crippen LogP contribution in [0, 0.1) is 5.95 Å². The molecule has 0 saturated carbocycles. The number of nitrogens with two attached hydrogens (primary N) is 1. The molecule has 0 radical (unpaired) electrons. The van der Waals surface area contributed by atoms with E-state index in [2.05, 4.69) is 4.98 Å². The van der Waals surface area contributed by atoms with E-state index in [1.807, 2.05) is 0 Å². The first-order chi connectivity index (χ1) is 5.68. The average Bonchev–Trinajstić information content (AvgIpc) is 2.03. The Bertz CT molecular complexity index is 305. The van der Waals surface area contributed by atoms with Gasteiger partial charge in [0.1, 0.15) is 0 Å². The van der Waals surface area contributed by atoms with Crippen molar-refractivity contribution in [1.29, 1.82) is 0 Å². The van der Waals surface area contributed by atoms with Gasteiger partial charge < -0.3 is 5.73 Å². The number of hydrogen-bond acceptors (Lipinski definition) is 2. The first-order valence-electron chi connectivity index (χ1n) is 3.27. The van der Waals surface area contributed by atoms with Gasteiger partial charge in [-0.05, 0) is 23.8 Å². The topological polar surface area (TPSA) is 56.0 Å². The highest BCUT2D eigenvalue weighted by Gasteiger charge is 1.90. The number of pyridine rings is 1. The Morgan fingerprint density at radius 3 is 2.83 bits per heavy atom. The number of halogens is 1. The Kier molecular flexibility index (Phi) is 2.53. The van der Waals surface area contributed by atoms with Crippen molar-refractivity contribution in [3.8, 4) is 0 Å². The Morgan fingerprint density at radius 1 is 1.58 bits per heavy atom. The Hall–Kier alpha value is -1.71. The minimum absolute atomic E-state index is 0.542. The van der Waals surface area contributed by atoms with Gasteiger partial charge in [-0.3, -0.25) is 4.79 Å². The molecule has 1 amide bonds. The molecule has 0 unspecified atom stereocenters. The molecule has 1 aromatic rings. The quantitative estimate of drug-likeness (QED) is 0.519. The van der Waals surface area contributed by atoms with Crippen molar-refractivity contribution in [3.05, 3.63) is 35.9 Å². The number of carbonyl (C=O) groups is 1. The summed E-state index contributed by atoms with van der Waals surface area (Å²) < 4.78 is 12.3. The molecule has 0 saturated heterocycles. The molecule has 4 heteroatoms. The van der Waals surface area contributed by atoms with Gasteiger partial charge in [0, 0.05) is 12.3 Å². The van der Waals surface area contributed by atoms with E-state index < -0.39 is 11.9 Å². The third kappa shape index (κ3) is 2.49. The normalized spacial score (nSPS) is 10.4. The first kappa shape index (κ1) is 8.39. The molecule has 0 aliphatic carbocycles. The van der Waals surface area contributed by atoms with E-state index in [0.29, 0.717) is 5.56 Å². The lowest BCUT2D eigenvalue weighted by Gasteiger charge is -1.90. The number of aromatic nitrogens is 1. The number of rotatable bonds is 2. The lowest BCUT2D eigenvalue weighted by atomic mass is 10.2. The predicted molar refractivity (Wildman–Crippen MR) is 42.4 cm³/mol. The highest BCUT2D eigenvalue weighted by atomic mass is 19.1. The van der Waals surface area contributed by atoms with Gasteiger partial charge in [-0.1, -0.05) is 0 Å². The molecule has 12 heavy (non-hydrogen) atoms. The molecular weight excluding hydrogens is 159 g/mol. The largest absolute Gasteiger partial charge is 0.366 e. The average molecular weight is 166 g/mol. The van der Waals surface area contributed by atoms with Crippen molar-refractivity contribution in [1.82, 2.24) is 4.98 Å². The van der Waals surface area contributed by atoms with E-state index in [4.69, 9.17) is 5.73 Å². The maximum absolute atomic E-state index is 12.3. The lowest BCUT2D eigenvalue weighted by molar-refractivity contribution is -0.113. The van der Waals surface area contributed by atoms with Crippen LogP contribution in [0.1, 0.15) is 5.56 Å². The Labute approximate surface area is 68.7 Å². The minimum atomic E-state index is -0.550. The zero-order valence-corrected chi connectivity index (χ0v) is 6.20. The maximum Gasteiger partial charge on any atom is 0.241 e. The molecule has 0 aliphatic rings. The minimum Gasteiger partial charge on any atom is -0.366 e. The molecule has 3 nitrogen and oxygen atoms in total. The van der Waals surface area contributed by atoms with Crippen LogP contribution in [0.3, 0.4) is 0 Å². The van der Waals surface area contributed by atoms with Crippen LogP contribution in [-0.2, 0) is 4.79 Å². The smallest absolute Gasteiger partial charge is 0.241 e. The van der Waals surface area contributed by atoms with E-state index in [1.165, 1.54) is 30.5 Å². The summed E-state index contributed by atoms with van der Waals surface area (Å²) >= 11 is 0. The molecule has 62 valence electrons. The molecule has 0 fully saturated rings. The van der Waals surface area contributed by atoms with Crippen molar-refractivity contribution in [2.24, 2.45) is 5.73 Å². The van der Waals surface area contributed by atoms with Crippen molar-refractivity contribution < 1.29 is 9.18 Å². The molecule has 1 rings (SSSR count). The van der Waals surface area contributed by atoms with Crippen LogP contribution in [0.4, 0.5) is 4.39 Å². The van der Waals surface area contributed by atoms with Crippen LogP contribution >= 0.6 is 0 Å². The molecule has 1 heterocycles. The second-order valence-electron chi connectivity index (χ2n) is 2.15. The van der Waals surface area contributed by atoms with Gasteiger partial charge in [0.15, 0.2) is 0 Å². The fraction of sp³-hybridized carbons (Fsp3) is 0. The fourth-order valence-electron chi connectivity index (χ4n) is 0.664. The van der Waals surface area contributed by atoms with Gasteiger partial charge >= 0.3 is 0 Å². The van der Waals surface area contributed by atoms with E-state index in [0.717, 1.165) is 0 Å². The van der Waals surface area contributed by atoms with Crippen molar-refractivity contribution >= 4 is 12.0 Å². The Morgan fingerprint density at radius 2 is 2.33 bits per heavy atom. The fourth-order valence-corrected chi connectivity index (χ4v) is 0.664. The summed E-state index contributed by atoms with van der Waals surface area (Å²) in [4.78, 5) is 13.7. The summed E-state index contributed by atoms with van der Waals surface area (Å²) in [5.74, 6) is -1.09. The maximum atomic E-state index is 12.3. The molecule has 2 N–H and O–H groups in total. The van der Waals surface area contributed by atoms with E-state index in [-0.39, 0.29) is 0 Å². The standard InChI is InChI=1S/C8H7FN2O/c9-7-3-1-6(5-11-7)2-4-8(10)12/h1-5H,(H2,10,12). The third-order valence-electron chi connectivity index (χ3n) is 1.19. The van der Waals surface area contributed by atoms with Crippen LogP contribution in [0.2, 0.25) is 0 Å². The molecule has 0 aliphatic heterocycles. The van der Waals surface area contributed by atoms with Crippen LogP contribution < -0.4 is 5.73 Å². The van der Waals surface area contributed by atoms with Crippen LogP contribution in [0.5, 0.6) is 0 Å². The summed E-state index contributed by atoms with van der Waals surface area (Å²) in [6.45, 7) is 0. The SMILES string of the molecule is NC(=O)C=Cc1ccc(F)nc1. The van der Waals surface area contributed by atoms with E-state index >= 15 is 0 Å². The number of primary amides is 1. The summed E-state index contributed by atoms with van der Waals surface area (Å²) in [6.07, 6.45) is 3.97. The van der Waals surface area contributed by atoms with Gasteiger partial charge in [0.25, 0.3) is 0 Å². The summed E-state index contributed by atoms with van der Waals surface area (Å²) in [5.41, 5.74) is 5.48. The highest BCUT2D eigenvalue weighted by Crippen LogP contribution is 2.00. The van der Waals surface area contributed by atoms with Gasteiger partial charge in [0.05, 0.1) is 0 Å². The second kappa shape index (κ2) is 3.61. The number of hydrogen-bond donors (Lipinski definition) is 1. The molecule has 1 aromatic heterocycles. The highest BCUT2D eigenvalue weighted by molar-refractivity contribution is 5.90. The third-order valence-corrected chi connectivity index (χ3v) is 1.19. The zero-order chi connectivity index (χ0) is 8.97. The van der Waals surface area contributed by atoms with Crippen molar-refractivity contribution in [2.45, 2.75) is 0 Å². The van der Waals surface area contributed by atoms with Crippen molar-refractivity contribution in [3.63, 3.8) is 0 Å². The molecule has 0 atom stereocenters.